The van der Waals surface area contributed by atoms with E-state index in [4.69, 9.17) is 9.57 Å². The molecule has 0 radical (unpaired) electrons. The molecule has 0 aliphatic carbocycles. The Balaban J connectivity index is 2.30. The third-order valence-corrected chi connectivity index (χ3v) is 5.71. The first-order valence-corrected chi connectivity index (χ1v) is 9.29. The molecule has 0 unspecified atom stereocenters. The predicted octanol–water partition coefficient (Wildman–Crippen LogP) is 3.32. The summed E-state index contributed by atoms with van der Waals surface area (Å²) < 4.78 is 5.62. The molecule has 2 aliphatic heterocycles. The van der Waals surface area contributed by atoms with Gasteiger partial charge in [-0.2, -0.15) is 10.1 Å². The van der Waals surface area contributed by atoms with Crippen molar-refractivity contribution >= 4 is 0 Å². The largest absolute Gasteiger partial charge is 0.381 e. The molecule has 0 bridgehead atoms. The molecule has 6 heteroatoms. The summed E-state index contributed by atoms with van der Waals surface area (Å²) in [4.78, 5) is 6.36. The normalized spacial score (nSPS) is 31.8. The SMILES string of the molecule is COC1CC(C)(C)N(OC2(O)CC(C)(C)N(O)C(C)(C)C2)C(C)(C)C1. The lowest BCUT2D eigenvalue weighted by molar-refractivity contribution is -0.428. The average Bonchev–Trinajstić information content (AvgIpc) is 2.38. The first-order chi connectivity index (χ1) is 11.0. The zero-order valence-corrected chi connectivity index (χ0v) is 17.5. The van der Waals surface area contributed by atoms with Gasteiger partial charge in [0.1, 0.15) is 0 Å². The highest BCUT2D eigenvalue weighted by Crippen LogP contribution is 2.47. The third-order valence-electron chi connectivity index (χ3n) is 5.71. The standard InChI is InChI=1S/C19H38N2O4/c1-15(2)10-14(24-9)11-16(3,4)21(15)25-19(22)12-17(5,6)20(23)18(7,8)13-19/h14,22-23H,10-13H2,1-9H3. The molecule has 25 heavy (non-hydrogen) atoms. The molecule has 2 heterocycles. The number of aliphatic hydroxyl groups is 1. The molecular formula is C19H38N2O4. The molecule has 2 saturated heterocycles. The molecule has 6 nitrogen and oxygen atoms in total. The van der Waals surface area contributed by atoms with Gasteiger partial charge in [-0.25, -0.2) is 0 Å². The van der Waals surface area contributed by atoms with Crippen LogP contribution in [0.5, 0.6) is 0 Å². The topological polar surface area (TPSA) is 65.4 Å². The van der Waals surface area contributed by atoms with Gasteiger partial charge < -0.3 is 15.1 Å². The quantitative estimate of drug-likeness (QED) is 0.755. The smallest absolute Gasteiger partial charge is 0.189 e. The van der Waals surface area contributed by atoms with Crippen molar-refractivity contribution in [2.45, 2.75) is 115 Å². The van der Waals surface area contributed by atoms with Crippen molar-refractivity contribution in [1.29, 1.82) is 0 Å². The van der Waals surface area contributed by atoms with E-state index in [1.165, 1.54) is 5.06 Å². The van der Waals surface area contributed by atoms with E-state index in [1.54, 1.807) is 7.11 Å². The zero-order chi connectivity index (χ0) is 19.5. The Morgan fingerprint density at radius 2 is 1.20 bits per heavy atom. The molecule has 2 aliphatic rings. The molecule has 2 fully saturated rings. The van der Waals surface area contributed by atoms with Crippen molar-refractivity contribution in [2.24, 2.45) is 0 Å². The van der Waals surface area contributed by atoms with E-state index < -0.39 is 16.9 Å². The van der Waals surface area contributed by atoms with E-state index in [1.807, 2.05) is 32.8 Å². The summed E-state index contributed by atoms with van der Waals surface area (Å²) in [5.74, 6) is -1.33. The van der Waals surface area contributed by atoms with Gasteiger partial charge in [0.2, 0.25) is 0 Å². The highest BCUT2D eigenvalue weighted by molar-refractivity contribution is 5.02. The average molecular weight is 359 g/mol. The van der Waals surface area contributed by atoms with Crippen LogP contribution in [0.2, 0.25) is 0 Å². The van der Waals surface area contributed by atoms with Crippen LogP contribution in [0, 0.1) is 0 Å². The van der Waals surface area contributed by atoms with Gasteiger partial charge in [0.25, 0.3) is 0 Å². The van der Waals surface area contributed by atoms with Crippen LogP contribution in [0.3, 0.4) is 0 Å². The Labute approximate surface area is 153 Å². The van der Waals surface area contributed by atoms with Gasteiger partial charge in [-0.05, 0) is 68.2 Å². The monoisotopic (exact) mass is 358 g/mol. The molecule has 0 aromatic rings. The summed E-state index contributed by atoms with van der Waals surface area (Å²) in [6.45, 7) is 16.2. The van der Waals surface area contributed by atoms with Crippen molar-refractivity contribution in [1.82, 2.24) is 10.1 Å². The highest BCUT2D eigenvalue weighted by atomic mass is 16.8. The van der Waals surface area contributed by atoms with Crippen molar-refractivity contribution in [3.63, 3.8) is 0 Å². The van der Waals surface area contributed by atoms with E-state index in [0.717, 1.165) is 12.8 Å². The maximum atomic E-state index is 11.4. The predicted molar refractivity (Wildman–Crippen MR) is 97.1 cm³/mol. The van der Waals surface area contributed by atoms with Crippen molar-refractivity contribution < 1.29 is 19.9 Å². The summed E-state index contributed by atoms with van der Waals surface area (Å²) in [7, 11) is 1.75. The summed E-state index contributed by atoms with van der Waals surface area (Å²) >= 11 is 0. The summed E-state index contributed by atoms with van der Waals surface area (Å²) in [6, 6.07) is 0. The van der Waals surface area contributed by atoms with Crippen LogP contribution >= 0.6 is 0 Å². The van der Waals surface area contributed by atoms with E-state index >= 15 is 0 Å². The molecule has 2 rings (SSSR count). The Morgan fingerprint density at radius 3 is 1.56 bits per heavy atom. The second-order valence-corrected chi connectivity index (χ2v) is 10.5. The Bertz CT molecular complexity index is 466. The lowest BCUT2D eigenvalue weighted by atomic mass is 9.77. The Morgan fingerprint density at radius 1 is 0.800 bits per heavy atom. The number of nitrogens with zero attached hydrogens (tertiary/aromatic N) is 2. The second-order valence-electron chi connectivity index (χ2n) is 10.5. The molecular weight excluding hydrogens is 320 g/mol. The van der Waals surface area contributed by atoms with Crippen LogP contribution < -0.4 is 0 Å². The fourth-order valence-electron chi connectivity index (χ4n) is 5.20. The Kier molecular flexibility index (Phi) is 5.18. The van der Waals surface area contributed by atoms with Crippen LogP contribution in [0.4, 0.5) is 0 Å². The number of rotatable bonds is 3. The zero-order valence-electron chi connectivity index (χ0n) is 17.5. The first kappa shape index (κ1) is 21.1. The molecule has 0 saturated carbocycles. The maximum Gasteiger partial charge on any atom is 0.189 e. The minimum atomic E-state index is -1.33. The molecule has 0 amide bonds. The van der Waals surface area contributed by atoms with Gasteiger partial charge in [-0.1, -0.05) is 0 Å². The second kappa shape index (κ2) is 6.14. The molecule has 0 atom stereocenters. The van der Waals surface area contributed by atoms with Gasteiger partial charge in [0.05, 0.1) is 6.10 Å². The Hall–Kier alpha value is -0.240. The van der Waals surface area contributed by atoms with Crippen LogP contribution in [-0.4, -0.2) is 61.6 Å². The van der Waals surface area contributed by atoms with E-state index in [0.29, 0.717) is 12.8 Å². The molecule has 148 valence electrons. The van der Waals surface area contributed by atoms with Gasteiger partial charge >= 0.3 is 0 Å². The number of hydrogen-bond acceptors (Lipinski definition) is 6. The van der Waals surface area contributed by atoms with Crippen molar-refractivity contribution in [3.8, 4) is 0 Å². The van der Waals surface area contributed by atoms with Gasteiger partial charge in [-0.15, -0.1) is 0 Å². The van der Waals surface area contributed by atoms with Crippen LogP contribution in [0.1, 0.15) is 81.1 Å². The van der Waals surface area contributed by atoms with E-state index in [2.05, 4.69) is 27.7 Å². The lowest BCUT2D eigenvalue weighted by Gasteiger charge is -2.59. The number of ether oxygens (including phenoxy) is 1. The van der Waals surface area contributed by atoms with E-state index in [9.17, 15) is 10.3 Å². The number of hydroxylamine groups is 4. The van der Waals surface area contributed by atoms with Crippen molar-refractivity contribution in [2.75, 3.05) is 7.11 Å². The highest BCUT2D eigenvalue weighted by Gasteiger charge is 2.56. The number of piperidine rings is 2. The summed E-state index contributed by atoms with van der Waals surface area (Å²) in [6.07, 6.45) is 2.50. The maximum absolute atomic E-state index is 11.4. The molecule has 0 spiro atoms. The van der Waals surface area contributed by atoms with Gasteiger partial charge in [0, 0.05) is 42.1 Å². The minimum absolute atomic E-state index is 0.173. The fourth-order valence-corrected chi connectivity index (χ4v) is 5.20. The van der Waals surface area contributed by atoms with E-state index in [-0.39, 0.29) is 17.2 Å². The van der Waals surface area contributed by atoms with Crippen LogP contribution in [-0.2, 0) is 9.57 Å². The molecule has 0 aromatic carbocycles. The number of methoxy groups -OCH3 is 1. The first-order valence-electron chi connectivity index (χ1n) is 9.29. The fraction of sp³-hybridized carbons (Fsp3) is 1.00. The minimum Gasteiger partial charge on any atom is -0.381 e. The lowest BCUT2D eigenvalue weighted by Crippen LogP contribution is -2.69. The van der Waals surface area contributed by atoms with Gasteiger partial charge in [-0.3, -0.25) is 4.84 Å². The third kappa shape index (κ3) is 4.04. The van der Waals surface area contributed by atoms with Crippen LogP contribution in [0.25, 0.3) is 0 Å². The molecule has 2 N–H and O–H groups in total. The van der Waals surface area contributed by atoms with Crippen LogP contribution in [0.15, 0.2) is 0 Å². The number of hydrogen-bond donors (Lipinski definition) is 2. The molecule has 0 aromatic heterocycles. The van der Waals surface area contributed by atoms with Crippen molar-refractivity contribution in [3.05, 3.63) is 0 Å². The summed E-state index contributed by atoms with van der Waals surface area (Å²) in [5, 5.41) is 25.2. The summed E-state index contributed by atoms with van der Waals surface area (Å²) in [5.41, 5.74) is -1.73. The van der Waals surface area contributed by atoms with Gasteiger partial charge in [0.15, 0.2) is 5.79 Å².